The lowest BCUT2D eigenvalue weighted by Gasteiger charge is -2.60. The molecule has 0 aromatic carbocycles. The highest BCUT2D eigenvalue weighted by Gasteiger charge is 2.78. The van der Waals surface area contributed by atoms with Gasteiger partial charge in [0.2, 0.25) is 17.7 Å². The van der Waals surface area contributed by atoms with Crippen molar-refractivity contribution in [2.24, 2.45) is 23.1 Å². The van der Waals surface area contributed by atoms with Crippen molar-refractivity contribution in [3.05, 3.63) is 0 Å². The maximum Gasteiger partial charge on any atom is 0.303 e. The number of carbonyl (C=O) groups excluding carboxylic acids is 3. The zero-order chi connectivity index (χ0) is 25.3. The molecule has 0 aromatic rings. The molecule has 9 atom stereocenters. The summed E-state index contributed by atoms with van der Waals surface area (Å²) < 4.78 is 10.7. The van der Waals surface area contributed by atoms with Crippen LogP contribution < -0.4 is 27.8 Å². The Hall–Kier alpha value is -2.40. The van der Waals surface area contributed by atoms with Gasteiger partial charge in [0.25, 0.3) is 0 Å². The molecule has 3 amide bonds. The molecule has 188 valence electrons. The van der Waals surface area contributed by atoms with Crippen molar-refractivity contribution in [3.63, 3.8) is 0 Å². The van der Waals surface area contributed by atoms with E-state index in [2.05, 4.69) is 10.6 Å². The van der Waals surface area contributed by atoms with E-state index in [1.807, 2.05) is 0 Å². The number of aliphatic hydroxyl groups is 3. The number of primary amides is 1. The Balaban J connectivity index is 1.98. The molecule has 1 aliphatic heterocycles. The monoisotopic (exact) mass is 477 g/mol. The van der Waals surface area contributed by atoms with Crippen LogP contribution in [0.1, 0.15) is 26.7 Å². The number of amides is 3. The van der Waals surface area contributed by atoms with Crippen molar-refractivity contribution < 1.29 is 49.1 Å². The molecule has 15 heteroatoms. The fourth-order valence-corrected chi connectivity index (χ4v) is 4.21. The summed E-state index contributed by atoms with van der Waals surface area (Å²) in [6, 6.07) is -3.53. The minimum absolute atomic E-state index is 0.230. The van der Waals surface area contributed by atoms with Gasteiger partial charge in [-0.1, -0.05) is 0 Å². The van der Waals surface area contributed by atoms with Crippen LogP contribution in [0.15, 0.2) is 0 Å². The summed E-state index contributed by atoms with van der Waals surface area (Å²) in [5.41, 5.74) is 13.6. The second-order valence-electron chi connectivity index (χ2n) is 8.32. The molecule has 1 heterocycles. The van der Waals surface area contributed by atoms with Crippen LogP contribution in [0.2, 0.25) is 0 Å². The van der Waals surface area contributed by atoms with E-state index in [1.54, 1.807) is 0 Å². The van der Waals surface area contributed by atoms with Crippen LogP contribution in [0.4, 0.5) is 0 Å². The predicted octanol–water partition coefficient (Wildman–Crippen LogP) is -5.22. The first-order valence-electron chi connectivity index (χ1n) is 10.2. The smallest absolute Gasteiger partial charge is 0.303 e. The number of rotatable bonds is 11. The Morgan fingerprint density at radius 3 is 2.27 bits per heavy atom. The van der Waals surface area contributed by atoms with Crippen molar-refractivity contribution in [2.45, 2.75) is 74.6 Å². The first-order chi connectivity index (χ1) is 15.2. The largest absolute Gasteiger partial charge is 0.481 e. The number of ether oxygens (including phenoxy) is 2. The molecular weight excluding hydrogens is 446 g/mol. The van der Waals surface area contributed by atoms with Crippen LogP contribution >= 0.6 is 0 Å². The highest BCUT2D eigenvalue weighted by atomic mass is 16.7. The van der Waals surface area contributed by atoms with Gasteiger partial charge in [-0.15, -0.1) is 0 Å². The zero-order valence-electron chi connectivity index (χ0n) is 18.1. The van der Waals surface area contributed by atoms with E-state index < -0.39 is 90.6 Å². The normalized spacial score (nSPS) is 35.5. The SMILES string of the molecule is C[C@H](NC(=O)[C@@H](C)OC1(N)C2C(N)C(O)OC2(CO)[C@H]1O)C(=O)N[C@H](CCC(=O)O)C(N)=O. The van der Waals surface area contributed by atoms with Gasteiger partial charge in [0, 0.05) is 6.42 Å². The van der Waals surface area contributed by atoms with E-state index in [9.17, 15) is 34.5 Å². The second kappa shape index (κ2) is 9.84. The second-order valence-corrected chi connectivity index (χ2v) is 8.32. The Bertz CT molecular complexity index is 799. The number of fused-ring (bicyclic) bond motifs is 1. The molecule has 5 unspecified atom stereocenters. The molecule has 1 saturated heterocycles. The van der Waals surface area contributed by atoms with E-state index in [1.165, 1.54) is 13.8 Å². The van der Waals surface area contributed by atoms with Gasteiger partial charge in [0.05, 0.1) is 18.6 Å². The van der Waals surface area contributed by atoms with E-state index >= 15 is 0 Å². The number of nitrogens with one attached hydrogen (secondary N) is 2. The number of aliphatic hydroxyl groups excluding tert-OH is 3. The van der Waals surface area contributed by atoms with Crippen LogP contribution in [0.3, 0.4) is 0 Å². The molecule has 0 bridgehead atoms. The summed E-state index contributed by atoms with van der Waals surface area (Å²) in [5, 5.41) is 43.3. The number of aliphatic carboxylic acids is 1. The lowest BCUT2D eigenvalue weighted by atomic mass is 9.59. The molecule has 1 saturated carbocycles. The lowest BCUT2D eigenvalue weighted by molar-refractivity contribution is -0.338. The number of hydrogen-bond donors (Lipinski definition) is 9. The first kappa shape index (κ1) is 26.8. The Labute approximate surface area is 188 Å². The van der Waals surface area contributed by atoms with Crippen LogP contribution in [-0.2, 0) is 28.7 Å². The highest BCUT2D eigenvalue weighted by Crippen LogP contribution is 2.55. The predicted molar refractivity (Wildman–Crippen MR) is 107 cm³/mol. The Morgan fingerprint density at radius 2 is 1.76 bits per heavy atom. The fraction of sp³-hybridized carbons (Fsp3) is 0.778. The van der Waals surface area contributed by atoms with Crippen molar-refractivity contribution in [1.82, 2.24) is 10.6 Å². The van der Waals surface area contributed by atoms with Crippen LogP contribution in [0, 0.1) is 5.92 Å². The molecule has 2 fully saturated rings. The molecule has 12 N–H and O–H groups in total. The van der Waals surface area contributed by atoms with Gasteiger partial charge in [0.15, 0.2) is 12.0 Å². The number of carboxylic acids is 1. The minimum Gasteiger partial charge on any atom is -0.481 e. The van der Waals surface area contributed by atoms with Crippen molar-refractivity contribution >= 4 is 23.7 Å². The minimum atomic E-state index is -1.93. The summed E-state index contributed by atoms with van der Waals surface area (Å²) in [5.74, 6) is -4.77. The van der Waals surface area contributed by atoms with Crippen LogP contribution in [0.25, 0.3) is 0 Å². The van der Waals surface area contributed by atoms with E-state index in [-0.39, 0.29) is 6.42 Å². The third-order valence-electron chi connectivity index (χ3n) is 6.01. The van der Waals surface area contributed by atoms with Crippen molar-refractivity contribution in [3.8, 4) is 0 Å². The van der Waals surface area contributed by atoms with Gasteiger partial charge in [-0.25, -0.2) is 0 Å². The Morgan fingerprint density at radius 1 is 1.15 bits per heavy atom. The third-order valence-corrected chi connectivity index (χ3v) is 6.01. The summed E-state index contributed by atoms with van der Waals surface area (Å²) in [6.07, 6.45) is -5.09. The van der Waals surface area contributed by atoms with Crippen molar-refractivity contribution in [2.75, 3.05) is 6.61 Å². The average molecular weight is 477 g/mol. The molecule has 2 rings (SSSR count). The summed E-state index contributed by atoms with van der Waals surface area (Å²) in [4.78, 5) is 46.9. The molecule has 0 radical (unpaired) electrons. The van der Waals surface area contributed by atoms with Crippen LogP contribution in [-0.4, -0.2) is 98.7 Å². The molecule has 33 heavy (non-hydrogen) atoms. The van der Waals surface area contributed by atoms with Crippen molar-refractivity contribution in [1.29, 1.82) is 0 Å². The molecule has 0 aromatic heterocycles. The topological polar surface area (TPSA) is 270 Å². The Kier molecular flexibility index (Phi) is 8.01. The quantitative estimate of drug-likeness (QED) is 0.126. The summed E-state index contributed by atoms with van der Waals surface area (Å²) in [6.45, 7) is 1.89. The third kappa shape index (κ3) is 4.93. The van der Waals surface area contributed by atoms with E-state index in [0.717, 1.165) is 0 Å². The summed E-state index contributed by atoms with van der Waals surface area (Å²) >= 11 is 0. The molecule has 15 nitrogen and oxygen atoms in total. The van der Waals surface area contributed by atoms with Gasteiger partial charge in [-0.3, -0.25) is 19.2 Å². The fourth-order valence-electron chi connectivity index (χ4n) is 4.21. The molecule has 0 spiro atoms. The van der Waals surface area contributed by atoms with Crippen LogP contribution in [0.5, 0.6) is 0 Å². The lowest BCUT2D eigenvalue weighted by Crippen LogP contribution is -2.85. The van der Waals surface area contributed by atoms with Gasteiger partial charge in [-0.2, -0.15) is 0 Å². The van der Waals surface area contributed by atoms with Gasteiger partial charge >= 0.3 is 5.97 Å². The number of carboxylic acid groups (broad SMARTS) is 1. The van der Waals surface area contributed by atoms with Gasteiger partial charge in [-0.05, 0) is 20.3 Å². The zero-order valence-corrected chi connectivity index (χ0v) is 18.1. The highest BCUT2D eigenvalue weighted by molar-refractivity contribution is 5.92. The van der Waals surface area contributed by atoms with Gasteiger partial charge in [0.1, 0.15) is 29.9 Å². The molecule has 2 aliphatic rings. The van der Waals surface area contributed by atoms with Gasteiger partial charge < -0.3 is 57.7 Å². The molecule has 1 aliphatic carbocycles. The summed E-state index contributed by atoms with van der Waals surface area (Å²) in [7, 11) is 0. The first-order valence-corrected chi connectivity index (χ1v) is 10.2. The maximum absolute atomic E-state index is 12.5. The average Bonchev–Trinajstić information content (AvgIpc) is 2.98. The number of hydrogen-bond acceptors (Lipinski definition) is 11. The number of nitrogens with two attached hydrogens (primary N) is 3. The number of carbonyl (C=O) groups is 4. The molecular formula is C18H31N5O10. The van der Waals surface area contributed by atoms with E-state index in [4.69, 9.17) is 31.8 Å². The van der Waals surface area contributed by atoms with E-state index in [0.29, 0.717) is 0 Å². The maximum atomic E-state index is 12.5. The standard InChI is InChI=1S/C18H31N5O10/c1-6(13(28)23-8(12(20)27)3-4-9(25)26)22-14(29)7(2)32-18(21)11-10(19)15(30)33-17(11,5-24)16(18)31/h6-8,10-11,15-16,24,30-31H,3-5,19,21H2,1-2H3,(H2,20,27)(H,22,29)(H,23,28)(H,25,26)/t6-,7+,8+,10?,11?,15?,16+,17?,18?/m0/s1.